The maximum Gasteiger partial charge on any atom is 0.407 e. The maximum absolute atomic E-state index is 12.1. The minimum Gasteiger partial charge on any atom is -0.465 e. The number of pyridine rings is 1. The van der Waals surface area contributed by atoms with Crippen LogP contribution >= 0.6 is 11.6 Å². The van der Waals surface area contributed by atoms with E-state index in [1.807, 2.05) is 0 Å². The quantitative estimate of drug-likeness (QED) is 0.838. The van der Waals surface area contributed by atoms with Crippen molar-refractivity contribution in [3.8, 4) is 0 Å². The largest absolute Gasteiger partial charge is 0.465 e. The Bertz CT molecular complexity index is 522. The Labute approximate surface area is 128 Å². The summed E-state index contributed by atoms with van der Waals surface area (Å²) < 4.78 is 0. The highest BCUT2D eigenvalue weighted by Gasteiger charge is 2.22. The Morgan fingerprint density at radius 2 is 2.10 bits per heavy atom. The van der Waals surface area contributed by atoms with Crippen LogP contribution in [0.1, 0.15) is 28.9 Å². The molecule has 2 rings (SSSR count). The van der Waals surface area contributed by atoms with E-state index in [9.17, 15) is 9.59 Å². The third-order valence-corrected chi connectivity index (χ3v) is 3.81. The average molecular weight is 312 g/mol. The molecule has 1 fully saturated rings. The Hall–Kier alpha value is -1.82. The number of nitrogens with one attached hydrogen (secondary N) is 1. The van der Waals surface area contributed by atoms with Crippen molar-refractivity contribution in [2.75, 3.05) is 19.6 Å². The minimum absolute atomic E-state index is 0.178. The van der Waals surface area contributed by atoms with Gasteiger partial charge in [-0.1, -0.05) is 11.6 Å². The van der Waals surface area contributed by atoms with Crippen LogP contribution in [0.25, 0.3) is 0 Å². The van der Waals surface area contributed by atoms with E-state index in [4.69, 9.17) is 16.7 Å². The fourth-order valence-corrected chi connectivity index (χ4v) is 2.68. The molecule has 0 atom stereocenters. The van der Waals surface area contributed by atoms with E-state index < -0.39 is 6.09 Å². The number of halogens is 1. The number of aromatic nitrogens is 1. The van der Waals surface area contributed by atoms with Crippen molar-refractivity contribution in [3.05, 3.63) is 28.5 Å². The first kappa shape index (κ1) is 15.6. The molecule has 1 saturated heterocycles. The van der Waals surface area contributed by atoms with Gasteiger partial charge in [0.25, 0.3) is 5.91 Å². The summed E-state index contributed by atoms with van der Waals surface area (Å²) in [5.41, 5.74) is 1.19. The summed E-state index contributed by atoms with van der Waals surface area (Å²) in [5, 5.41) is 12.1. The van der Waals surface area contributed by atoms with E-state index in [0.717, 1.165) is 12.8 Å². The maximum atomic E-state index is 12.1. The lowest BCUT2D eigenvalue weighted by Gasteiger charge is -2.29. The van der Waals surface area contributed by atoms with Crippen molar-refractivity contribution in [2.45, 2.75) is 19.8 Å². The fourth-order valence-electron chi connectivity index (χ4n) is 2.43. The summed E-state index contributed by atoms with van der Waals surface area (Å²) in [7, 11) is 0. The third kappa shape index (κ3) is 4.32. The smallest absolute Gasteiger partial charge is 0.407 e. The Kier molecular flexibility index (Phi) is 5.01. The molecule has 1 aromatic heterocycles. The number of rotatable bonds is 3. The molecule has 2 N–H and O–H groups in total. The van der Waals surface area contributed by atoms with Gasteiger partial charge in [0.2, 0.25) is 0 Å². The number of carbonyl (C=O) groups excluding carboxylic acids is 1. The first-order valence-corrected chi connectivity index (χ1v) is 7.24. The summed E-state index contributed by atoms with van der Waals surface area (Å²) in [4.78, 5) is 28.3. The molecule has 1 aliphatic rings. The molecular formula is C14H18ClN3O3. The first-order valence-electron chi connectivity index (χ1n) is 6.86. The summed E-state index contributed by atoms with van der Waals surface area (Å²) >= 11 is 5.84. The van der Waals surface area contributed by atoms with Gasteiger partial charge in [0, 0.05) is 30.9 Å². The van der Waals surface area contributed by atoms with Crippen molar-refractivity contribution in [1.82, 2.24) is 15.2 Å². The van der Waals surface area contributed by atoms with E-state index in [0.29, 0.717) is 42.0 Å². The van der Waals surface area contributed by atoms with Crippen molar-refractivity contribution < 1.29 is 14.7 Å². The molecule has 21 heavy (non-hydrogen) atoms. The highest BCUT2D eigenvalue weighted by atomic mass is 35.5. The molecule has 114 valence electrons. The van der Waals surface area contributed by atoms with Gasteiger partial charge in [-0.2, -0.15) is 0 Å². The molecular weight excluding hydrogens is 294 g/mol. The lowest BCUT2D eigenvalue weighted by Crippen LogP contribution is -2.40. The van der Waals surface area contributed by atoms with E-state index in [1.165, 1.54) is 11.0 Å². The Morgan fingerprint density at radius 3 is 2.67 bits per heavy atom. The molecule has 1 aliphatic heterocycles. The number of amides is 2. The molecule has 0 radical (unpaired) electrons. The molecule has 0 aliphatic carbocycles. The molecule has 2 heterocycles. The molecule has 0 aromatic carbocycles. The van der Waals surface area contributed by atoms with E-state index in [1.54, 1.807) is 13.0 Å². The number of nitrogens with zero attached hydrogens (tertiary/aromatic N) is 2. The van der Waals surface area contributed by atoms with E-state index in [-0.39, 0.29) is 5.91 Å². The number of likely N-dealkylation sites (tertiary alicyclic amines) is 1. The zero-order chi connectivity index (χ0) is 15.4. The van der Waals surface area contributed by atoms with Crippen molar-refractivity contribution in [1.29, 1.82) is 0 Å². The molecule has 0 unspecified atom stereocenters. The van der Waals surface area contributed by atoms with Crippen LogP contribution in [0, 0.1) is 12.8 Å². The number of hydrogen-bond acceptors (Lipinski definition) is 3. The topological polar surface area (TPSA) is 82.5 Å². The molecule has 0 bridgehead atoms. The van der Waals surface area contributed by atoms with Gasteiger partial charge in [-0.25, -0.2) is 9.78 Å². The highest BCUT2D eigenvalue weighted by Crippen LogP contribution is 2.17. The van der Waals surface area contributed by atoms with Crippen molar-refractivity contribution in [3.63, 3.8) is 0 Å². The van der Waals surface area contributed by atoms with Gasteiger partial charge in [-0.15, -0.1) is 0 Å². The van der Waals surface area contributed by atoms with Gasteiger partial charge in [-0.3, -0.25) is 4.79 Å². The number of carbonyl (C=O) groups is 2. The van der Waals surface area contributed by atoms with Crippen LogP contribution < -0.4 is 5.32 Å². The Morgan fingerprint density at radius 1 is 1.43 bits per heavy atom. The van der Waals surface area contributed by atoms with Crippen LogP contribution in [-0.2, 0) is 0 Å². The lowest BCUT2D eigenvalue weighted by molar-refractivity contribution is 0.0928. The summed E-state index contributed by atoms with van der Waals surface area (Å²) in [6.45, 7) is 3.38. The molecule has 0 spiro atoms. The summed E-state index contributed by atoms with van der Waals surface area (Å²) in [6.07, 6.45) is 0.658. The van der Waals surface area contributed by atoms with Gasteiger partial charge >= 0.3 is 6.09 Å². The standard InChI is InChI=1S/C14H18ClN3O3/c1-9-6-11(7-12(15)17-9)13(19)16-8-10-2-4-18(5-3-10)14(20)21/h6-7,10H,2-5,8H2,1H3,(H,16,19)(H,20,21). The van der Waals surface area contributed by atoms with Gasteiger partial charge in [-0.05, 0) is 37.8 Å². The predicted molar refractivity (Wildman–Crippen MR) is 78.6 cm³/mol. The van der Waals surface area contributed by atoms with Crippen molar-refractivity contribution >= 4 is 23.6 Å². The molecule has 7 heteroatoms. The van der Waals surface area contributed by atoms with Gasteiger partial charge < -0.3 is 15.3 Å². The molecule has 1 aromatic rings. The van der Waals surface area contributed by atoms with Crippen LogP contribution in [0.4, 0.5) is 4.79 Å². The zero-order valence-corrected chi connectivity index (χ0v) is 12.6. The SMILES string of the molecule is Cc1cc(C(=O)NCC2CCN(C(=O)O)CC2)cc(Cl)n1. The number of piperidine rings is 1. The second-order valence-corrected chi connectivity index (χ2v) is 5.63. The minimum atomic E-state index is -0.876. The second kappa shape index (κ2) is 6.76. The number of carboxylic acid groups (broad SMARTS) is 1. The second-order valence-electron chi connectivity index (χ2n) is 5.24. The zero-order valence-electron chi connectivity index (χ0n) is 11.8. The van der Waals surface area contributed by atoms with Crippen molar-refractivity contribution in [2.24, 2.45) is 5.92 Å². The fraction of sp³-hybridized carbons (Fsp3) is 0.500. The van der Waals surface area contributed by atoms with Gasteiger partial charge in [0.15, 0.2) is 0 Å². The summed E-state index contributed by atoms with van der Waals surface area (Å²) in [6, 6.07) is 3.23. The lowest BCUT2D eigenvalue weighted by atomic mass is 9.97. The van der Waals surface area contributed by atoms with Crippen LogP contribution in [0.3, 0.4) is 0 Å². The van der Waals surface area contributed by atoms with Gasteiger partial charge in [0.1, 0.15) is 5.15 Å². The number of aryl methyl sites for hydroxylation is 1. The van der Waals surface area contributed by atoms with Crippen LogP contribution in [-0.4, -0.2) is 46.6 Å². The predicted octanol–water partition coefficient (Wildman–Crippen LogP) is 2.16. The average Bonchev–Trinajstić information content (AvgIpc) is 2.44. The molecule has 2 amide bonds. The van der Waals surface area contributed by atoms with Crippen LogP contribution in [0.2, 0.25) is 5.15 Å². The van der Waals surface area contributed by atoms with Gasteiger partial charge in [0.05, 0.1) is 0 Å². The molecule has 0 saturated carbocycles. The monoisotopic (exact) mass is 311 g/mol. The normalized spacial score (nSPS) is 15.8. The summed E-state index contributed by atoms with van der Waals surface area (Å²) in [5.74, 6) is 0.131. The van der Waals surface area contributed by atoms with E-state index in [2.05, 4.69) is 10.3 Å². The van der Waals surface area contributed by atoms with Crippen LogP contribution in [0.5, 0.6) is 0 Å². The molecule has 6 nitrogen and oxygen atoms in total. The van der Waals surface area contributed by atoms with E-state index >= 15 is 0 Å². The Balaban J connectivity index is 1.83. The highest BCUT2D eigenvalue weighted by molar-refractivity contribution is 6.29. The number of hydrogen-bond donors (Lipinski definition) is 2. The van der Waals surface area contributed by atoms with Crippen LogP contribution in [0.15, 0.2) is 12.1 Å². The third-order valence-electron chi connectivity index (χ3n) is 3.62. The first-order chi connectivity index (χ1) is 9.95.